The number of benzene rings is 2. The third-order valence-corrected chi connectivity index (χ3v) is 5.85. The van der Waals surface area contributed by atoms with E-state index in [-0.39, 0.29) is 17.9 Å². The van der Waals surface area contributed by atoms with Gasteiger partial charge in [-0.3, -0.25) is 9.10 Å². The Morgan fingerprint density at radius 1 is 1.00 bits per heavy atom. The van der Waals surface area contributed by atoms with Crippen molar-refractivity contribution in [3.05, 3.63) is 59.7 Å². The van der Waals surface area contributed by atoms with E-state index in [1.807, 2.05) is 36.4 Å². The molecule has 0 aliphatic heterocycles. The van der Waals surface area contributed by atoms with Crippen LogP contribution in [0.3, 0.4) is 0 Å². The van der Waals surface area contributed by atoms with Gasteiger partial charge in [0, 0.05) is 13.6 Å². The quantitative estimate of drug-likeness (QED) is 0.691. The Bertz CT molecular complexity index is 930. The zero-order chi connectivity index (χ0) is 21.8. The topological polar surface area (TPSA) is 66.9 Å². The first kappa shape index (κ1) is 22.7. The molecule has 0 unspecified atom stereocenters. The molecule has 0 atom stereocenters. The number of amides is 1. The van der Waals surface area contributed by atoms with Crippen molar-refractivity contribution >= 4 is 21.6 Å². The summed E-state index contributed by atoms with van der Waals surface area (Å²) < 4.78 is 31.0. The van der Waals surface area contributed by atoms with E-state index in [0.717, 1.165) is 27.4 Å². The molecule has 0 N–H and O–H groups in total. The molecular weight excluding hydrogens is 388 g/mol. The van der Waals surface area contributed by atoms with Gasteiger partial charge in [0.2, 0.25) is 15.9 Å². The number of hydrogen-bond acceptors (Lipinski definition) is 4. The molecule has 2 aromatic rings. The van der Waals surface area contributed by atoms with Crippen molar-refractivity contribution in [3.63, 3.8) is 0 Å². The Hall–Kier alpha value is -2.54. The summed E-state index contributed by atoms with van der Waals surface area (Å²) in [5, 5.41) is 0. The molecule has 0 heterocycles. The smallest absolute Gasteiger partial charge is 0.243 e. The van der Waals surface area contributed by atoms with Crippen LogP contribution in [0.4, 0.5) is 5.69 Å². The minimum Gasteiger partial charge on any atom is -0.497 e. The van der Waals surface area contributed by atoms with Gasteiger partial charge in [0.05, 0.1) is 19.1 Å². The van der Waals surface area contributed by atoms with Crippen molar-refractivity contribution in [2.75, 3.05) is 31.3 Å². The molecule has 158 valence electrons. The summed E-state index contributed by atoms with van der Waals surface area (Å²) in [4.78, 5) is 14.2. The highest BCUT2D eigenvalue weighted by atomic mass is 32.2. The van der Waals surface area contributed by atoms with E-state index in [1.165, 1.54) is 4.90 Å². The van der Waals surface area contributed by atoms with Gasteiger partial charge in [-0.1, -0.05) is 45.0 Å². The summed E-state index contributed by atoms with van der Waals surface area (Å²) in [6.45, 7) is 6.40. The van der Waals surface area contributed by atoms with Gasteiger partial charge in [0.25, 0.3) is 0 Å². The molecule has 2 aromatic carbocycles. The SMILES string of the molecule is COc1ccc(CN(C)C(=O)CN(c2ccc(C(C)(C)C)cc2)S(C)(=O)=O)cc1. The molecular formula is C22H30N2O4S. The molecule has 0 aromatic heterocycles. The van der Waals surface area contributed by atoms with E-state index in [1.54, 1.807) is 26.3 Å². The molecule has 0 saturated carbocycles. The van der Waals surface area contributed by atoms with E-state index in [9.17, 15) is 13.2 Å². The Morgan fingerprint density at radius 3 is 2.00 bits per heavy atom. The highest BCUT2D eigenvalue weighted by Gasteiger charge is 2.23. The summed E-state index contributed by atoms with van der Waals surface area (Å²) in [7, 11) is -0.349. The van der Waals surface area contributed by atoms with Crippen LogP contribution in [-0.4, -0.2) is 46.2 Å². The van der Waals surface area contributed by atoms with Crippen LogP contribution in [-0.2, 0) is 26.8 Å². The second kappa shape index (κ2) is 8.86. The average molecular weight is 419 g/mol. The molecule has 0 bridgehead atoms. The lowest BCUT2D eigenvalue weighted by molar-refractivity contribution is -0.128. The van der Waals surface area contributed by atoms with Gasteiger partial charge >= 0.3 is 0 Å². The lowest BCUT2D eigenvalue weighted by Crippen LogP contribution is -2.41. The molecule has 2 rings (SSSR count). The Morgan fingerprint density at radius 2 is 1.55 bits per heavy atom. The van der Waals surface area contributed by atoms with Crippen molar-refractivity contribution in [1.29, 1.82) is 0 Å². The minimum absolute atomic E-state index is 0.0388. The Labute approximate surface area is 174 Å². The van der Waals surface area contributed by atoms with Gasteiger partial charge in [-0.15, -0.1) is 0 Å². The number of methoxy groups -OCH3 is 1. The lowest BCUT2D eigenvalue weighted by Gasteiger charge is -2.26. The molecule has 0 radical (unpaired) electrons. The number of sulfonamides is 1. The first-order valence-corrected chi connectivity index (χ1v) is 11.2. The van der Waals surface area contributed by atoms with Crippen LogP contribution in [0.2, 0.25) is 0 Å². The number of carbonyl (C=O) groups is 1. The van der Waals surface area contributed by atoms with Crippen LogP contribution < -0.4 is 9.04 Å². The van der Waals surface area contributed by atoms with Crippen LogP contribution in [0.5, 0.6) is 5.75 Å². The van der Waals surface area contributed by atoms with E-state index in [0.29, 0.717) is 12.2 Å². The van der Waals surface area contributed by atoms with Gasteiger partial charge in [-0.25, -0.2) is 8.42 Å². The van der Waals surface area contributed by atoms with Crippen molar-refractivity contribution in [2.24, 2.45) is 0 Å². The number of anilines is 1. The Kier molecular flexibility index (Phi) is 6.95. The first-order chi connectivity index (χ1) is 13.4. The normalized spacial score (nSPS) is 11.8. The third kappa shape index (κ3) is 6.22. The summed E-state index contributed by atoms with van der Waals surface area (Å²) in [6, 6.07) is 14.7. The molecule has 1 amide bonds. The van der Waals surface area contributed by atoms with E-state index in [2.05, 4.69) is 20.8 Å². The molecule has 6 nitrogen and oxygen atoms in total. The highest BCUT2D eigenvalue weighted by Crippen LogP contribution is 2.26. The number of nitrogens with zero attached hydrogens (tertiary/aromatic N) is 2. The standard InChI is InChI=1S/C22H30N2O4S/c1-22(2,3)18-9-11-19(12-10-18)24(29(6,26)27)16-21(25)23(4)15-17-7-13-20(28-5)14-8-17/h7-14H,15-16H2,1-6H3. The zero-order valence-electron chi connectivity index (χ0n) is 18.0. The number of rotatable bonds is 7. The fourth-order valence-corrected chi connectivity index (χ4v) is 3.71. The largest absolute Gasteiger partial charge is 0.497 e. The summed E-state index contributed by atoms with van der Waals surface area (Å²) in [5.74, 6) is 0.454. The maximum Gasteiger partial charge on any atom is 0.243 e. The van der Waals surface area contributed by atoms with Crippen LogP contribution in [0.15, 0.2) is 48.5 Å². The number of carbonyl (C=O) groups excluding carboxylic acids is 1. The maximum atomic E-state index is 12.7. The average Bonchev–Trinajstić information content (AvgIpc) is 2.65. The number of ether oxygens (including phenoxy) is 1. The zero-order valence-corrected chi connectivity index (χ0v) is 18.8. The van der Waals surface area contributed by atoms with E-state index < -0.39 is 10.0 Å². The van der Waals surface area contributed by atoms with Crippen molar-refractivity contribution < 1.29 is 17.9 Å². The van der Waals surface area contributed by atoms with Crippen molar-refractivity contribution in [3.8, 4) is 5.75 Å². The molecule has 0 fully saturated rings. The fraction of sp³-hybridized carbons (Fsp3) is 0.409. The maximum absolute atomic E-state index is 12.7. The molecule has 0 aliphatic carbocycles. The Balaban J connectivity index is 2.15. The molecule has 0 spiro atoms. The van der Waals surface area contributed by atoms with Crippen molar-refractivity contribution in [1.82, 2.24) is 4.90 Å². The van der Waals surface area contributed by atoms with E-state index in [4.69, 9.17) is 4.74 Å². The van der Waals surface area contributed by atoms with Gasteiger partial charge in [0.1, 0.15) is 12.3 Å². The highest BCUT2D eigenvalue weighted by molar-refractivity contribution is 7.92. The van der Waals surface area contributed by atoms with Gasteiger partial charge < -0.3 is 9.64 Å². The fourth-order valence-electron chi connectivity index (χ4n) is 2.86. The summed E-state index contributed by atoms with van der Waals surface area (Å²) >= 11 is 0. The second-order valence-electron chi connectivity index (χ2n) is 8.16. The predicted octanol–water partition coefficient (Wildman–Crippen LogP) is 3.42. The van der Waals surface area contributed by atoms with E-state index >= 15 is 0 Å². The molecule has 29 heavy (non-hydrogen) atoms. The summed E-state index contributed by atoms with van der Waals surface area (Å²) in [5.41, 5.74) is 2.47. The van der Waals surface area contributed by atoms with Gasteiger partial charge in [-0.05, 0) is 40.8 Å². The minimum atomic E-state index is -3.61. The van der Waals surface area contributed by atoms with Gasteiger partial charge in [0.15, 0.2) is 0 Å². The summed E-state index contributed by atoms with van der Waals surface area (Å²) in [6.07, 6.45) is 1.11. The third-order valence-electron chi connectivity index (χ3n) is 4.71. The molecule has 0 saturated heterocycles. The van der Waals surface area contributed by atoms with Crippen LogP contribution >= 0.6 is 0 Å². The van der Waals surface area contributed by atoms with Crippen molar-refractivity contribution in [2.45, 2.75) is 32.7 Å². The lowest BCUT2D eigenvalue weighted by atomic mass is 9.87. The van der Waals surface area contributed by atoms with Gasteiger partial charge in [-0.2, -0.15) is 0 Å². The molecule has 0 aliphatic rings. The number of hydrogen-bond donors (Lipinski definition) is 0. The van der Waals surface area contributed by atoms with Crippen LogP contribution in [0.1, 0.15) is 31.9 Å². The second-order valence-corrected chi connectivity index (χ2v) is 10.1. The van der Waals surface area contributed by atoms with Crippen LogP contribution in [0, 0.1) is 0 Å². The predicted molar refractivity (Wildman–Crippen MR) is 117 cm³/mol. The first-order valence-electron chi connectivity index (χ1n) is 9.37. The van der Waals surface area contributed by atoms with Crippen LogP contribution in [0.25, 0.3) is 0 Å². The number of likely N-dealkylation sites (N-methyl/N-ethyl adjacent to an activating group) is 1. The molecule has 7 heteroatoms. The monoisotopic (exact) mass is 418 g/mol.